The summed E-state index contributed by atoms with van der Waals surface area (Å²) in [5.41, 5.74) is 0.535. The molecule has 0 saturated carbocycles. The van der Waals surface area contributed by atoms with Gasteiger partial charge in [-0.3, -0.25) is 4.79 Å². The van der Waals surface area contributed by atoms with Crippen molar-refractivity contribution in [3.05, 3.63) is 24.3 Å². The summed E-state index contributed by atoms with van der Waals surface area (Å²) in [6.45, 7) is 10.9. The van der Waals surface area contributed by atoms with Gasteiger partial charge in [0.2, 0.25) is 21.8 Å². The molecule has 0 bridgehead atoms. The number of sulfonamides is 1. The Morgan fingerprint density at radius 2 is 1.72 bits per heavy atom. The molecule has 0 spiro atoms. The zero-order valence-corrected chi connectivity index (χ0v) is 20.9. The Kier molecular flexibility index (Phi) is 8.00. The molecule has 2 heterocycles. The van der Waals surface area contributed by atoms with Crippen molar-refractivity contribution in [3.8, 4) is 11.5 Å². The largest absolute Gasteiger partial charge is 0.411 e. The molecule has 1 fully saturated rings. The summed E-state index contributed by atoms with van der Waals surface area (Å²) in [6.07, 6.45) is 2.82. The number of nitrogens with zero attached hydrogens (tertiary/aromatic N) is 4. The topological polar surface area (TPSA) is 96.6 Å². The van der Waals surface area contributed by atoms with E-state index in [1.807, 2.05) is 39.5 Å². The standard InChI is InChI=1S/C22H32N4O4S2/c1-15(2)26(16(3)4)21(27)17(5)31-22-24-23-20(30-22)18-10-9-11-19(14-18)32(28,29)25-12-7-6-8-13-25/h9-11,14-17H,6-8,12-13H2,1-5H3. The first-order chi connectivity index (χ1) is 15.1. The molecule has 1 aromatic carbocycles. The van der Waals surface area contributed by atoms with Gasteiger partial charge in [0.15, 0.2) is 0 Å². The van der Waals surface area contributed by atoms with E-state index in [4.69, 9.17) is 4.42 Å². The SMILES string of the molecule is CC(Sc1nnc(-c2cccc(S(=O)(=O)N3CCCCC3)c2)o1)C(=O)N(C(C)C)C(C)C. The minimum atomic E-state index is -3.55. The first-order valence-corrected chi connectivity index (χ1v) is 13.4. The van der Waals surface area contributed by atoms with Gasteiger partial charge in [-0.2, -0.15) is 4.31 Å². The van der Waals surface area contributed by atoms with Crippen LogP contribution in [-0.4, -0.2) is 64.2 Å². The first kappa shape index (κ1) is 24.7. The maximum absolute atomic E-state index is 13.0. The summed E-state index contributed by atoms with van der Waals surface area (Å²) in [4.78, 5) is 14.9. The Hall–Kier alpha value is -1.91. The highest BCUT2D eigenvalue weighted by molar-refractivity contribution is 8.00. The van der Waals surface area contributed by atoms with E-state index >= 15 is 0 Å². The Bertz CT molecular complexity index is 1020. The molecule has 8 nitrogen and oxygen atoms in total. The number of amides is 1. The molecule has 2 aromatic rings. The number of rotatable bonds is 8. The fourth-order valence-electron chi connectivity index (χ4n) is 3.93. The summed E-state index contributed by atoms with van der Waals surface area (Å²) < 4.78 is 33.3. The van der Waals surface area contributed by atoms with Gasteiger partial charge in [0, 0.05) is 30.7 Å². The average molecular weight is 481 g/mol. The second-order valence-corrected chi connectivity index (χ2v) is 11.8. The summed E-state index contributed by atoms with van der Waals surface area (Å²) in [7, 11) is -3.55. The first-order valence-electron chi connectivity index (χ1n) is 11.0. The molecule has 32 heavy (non-hydrogen) atoms. The van der Waals surface area contributed by atoms with Crippen LogP contribution < -0.4 is 0 Å². The minimum absolute atomic E-state index is 0.00868. The number of hydrogen-bond acceptors (Lipinski definition) is 7. The van der Waals surface area contributed by atoms with E-state index in [9.17, 15) is 13.2 Å². The lowest BCUT2D eigenvalue weighted by atomic mass is 10.2. The predicted molar refractivity (Wildman–Crippen MR) is 125 cm³/mol. The molecule has 1 aromatic heterocycles. The summed E-state index contributed by atoms with van der Waals surface area (Å²) in [5, 5.41) is 8.03. The molecule has 1 unspecified atom stereocenters. The van der Waals surface area contributed by atoms with Crippen LogP contribution in [0.4, 0.5) is 0 Å². The Balaban J connectivity index is 1.76. The van der Waals surface area contributed by atoms with E-state index in [1.165, 1.54) is 16.1 Å². The van der Waals surface area contributed by atoms with E-state index in [0.717, 1.165) is 19.3 Å². The highest BCUT2D eigenvalue weighted by atomic mass is 32.2. The van der Waals surface area contributed by atoms with E-state index in [-0.39, 0.29) is 39.2 Å². The smallest absolute Gasteiger partial charge is 0.277 e. The van der Waals surface area contributed by atoms with Gasteiger partial charge >= 0.3 is 0 Å². The van der Waals surface area contributed by atoms with Crippen molar-refractivity contribution in [2.45, 2.75) is 81.3 Å². The van der Waals surface area contributed by atoms with Crippen molar-refractivity contribution in [2.75, 3.05) is 13.1 Å². The lowest BCUT2D eigenvalue weighted by Crippen LogP contribution is -2.45. The Labute approximate surface area is 194 Å². The zero-order chi connectivity index (χ0) is 23.5. The maximum atomic E-state index is 13.0. The van der Waals surface area contributed by atoms with Crippen LogP contribution in [0.25, 0.3) is 11.5 Å². The second kappa shape index (κ2) is 10.4. The number of carbonyl (C=O) groups excluding carboxylic acids is 1. The molecule has 3 rings (SSSR count). The summed E-state index contributed by atoms with van der Waals surface area (Å²) in [6, 6.07) is 6.76. The van der Waals surface area contributed by atoms with Crippen molar-refractivity contribution in [2.24, 2.45) is 0 Å². The van der Waals surface area contributed by atoms with E-state index in [2.05, 4.69) is 10.2 Å². The van der Waals surface area contributed by atoms with Crippen molar-refractivity contribution in [1.29, 1.82) is 0 Å². The molecule has 1 atom stereocenters. The van der Waals surface area contributed by atoms with Gasteiger partial charge in [-0.25, -0.2) is 8.42 Å². The van der Waals surface area contributed by atoms with Gasteiger partial charge in [0.05, 0.1) is 10.1 Å². The third-order valence-corrected chi connectivity index (χ3v) is 8.25. The van der Waals surface area contributed by atoms with Crippen LogP contribution in [0.2, 0.25) is 0 Å². The van der Waals surface area contributed by atoms with Crippen LogP contribution in [0.5, 0.6) is 0 Å². The van der Waals surface area contributed by atoms with Crippen LogP contribution in [0.15, 0.2) is 38.8 Å². The minimum Gasteiger partial charge on any atom is -0.411 e. The number of aromatic nitrogens is 2. The number of piperidine rings is 1. The fraction of sp³-hybridized carbons (Fsp3) is 0.591. The lowest BCUT2D eigenvalue weighted by molar-refractivity contribution is -0.133. The average Bonchev–Trinajstić information content (AvgIpc) is 3.22. The van der Waals surface area contributed by atoms with Gasteiger partial charge in [0.25, 0.3) is 5.22 Å². The number of thioether (sulfide) groups is 1. The molecular weight excluding hydrogens is 448 g/mol. The highest BCUT2D eigenvalue weighted by Crippen LogP contribution is 2.29. The van der Waals surface area contributed by atoms with Crippen molar-refractivity contribution in [1.82, 2.24) is 19.4 Å². The number of carbonyl (C=O) groups is 1. The molecular formula is C22H32N4O4S2. The van der Waals surface area contributed by atoms with Crippen LogP contribution >= 0.6 is 11.8 Å². The maximum Gasteiger partial charge on any atom is 0.277 e. The van der Waals surface area contributed by atoms with E-state index in [0.29, 0.717) is 18.7 Å². The molecule has 10 heteroatoms. The third-order valence-electron chi connectivity index (χ3n) is 5.43. The van der Waals surface area contributed by atoms with E-state index in [1.54, 1.807) is 24.3 Å². The van der Waals surface area contributed by atoms with Gasteiger partial charge in [-0.1, -0.05) is 24.2 Å². The predicted octanol–water partition coefficient (Wildman–Crippen LogP) is 4.04. The van der Waals surface area contributed by atoms with Gasteiger partial charge in [0.1, 0.15) is 0 Å². The molecule has 1 aliphatic rings. The molecule has 0 N–H and O–H groups in total. The molecule has 0 aliphatic carbocycles. The molecule has 1 amide bonds. The van der Waals surface area contributed by atoms with E-state index < -0.39 is 10.0 Å². The van der Waals surface area contributed by atoms with Gasteiger partial charge < -0.3 is 9.32 Å². The zero-order valence-electron chi connectivity index (χ0n) is 19.3. The van der Waals surface area contributed by atoms with Crippen LogP contribution in [0.3, 0.4) is 0 Å². The third kappa shape index (κ3) is 5.52. The summed E-state index contributed by atoms with van der Waals surface area (Å²) >= 11 is 1.20. The highest BCUT2D eigenvalue weighted by Gasteiger charge is 2.28. The molecule has 1 aliphatic heterocycles. The van der Waals surface area contributed by atoms with Crippen LogP contribution in [0, 0.1) is 0 Å². The normalized spacial score (nSPS) is 16.5. The monoisotopic (exact) mass is 480 g/mol. The molecule has 0 radical (unpaired) electrons. The van der Waals surface area contributed by atoms with Crippen LogP contribution in [-0.2, 0) is 14.8 Å². The van der Waals surface area contributed by atoms with Gasteiger partial charge in [-0.15, -0.1) is 10.2 Å². The Morgan fingerprint density at radius 3 is 2.34 bits per heavy atom. The van der Waals surface area contributed by atoms with Crippen molar-refractivity contribution in [3.63, 3.8) is 0 Å². The fourth-order valence-corrected chi connectivity index (χ4v) is 6.24. The second-order valence-electron chi connectivity index (χ2n) is 8.56. The summed E-state index contributed by atoms with van der Waals surface area (Å²) in [5.74, 6) is 0.238. The number of hydrogen-bond donors (Lipinski definition) is 0. The molecule has 176 valence electrons. The quantitative estimate of drug-likeness (QED) is 0.526. The van der Waals surface area contributed by atoms with Crippen molar-refractivity contribution < 1.29 is 17.6 Å². The Morgan fingerprint density at radius 1 is 1.06 bits per heavy atom. The van der Waals surface area contributed by atoms with Crippen molar-refractivity contribution >= 4 is 27.7 Å². The molecule has 1 saturated heterocycles. The number of benzene rings is 1. The lowest BCUT2D eigenvalue weighted by Gasteiger charge is -2.32. The van der Waals surface area contributed by atoms with Gasteiger partial charge in [-0.05, 0) is 65.7 Å². The van der Waals surface area contributed by atoms with Crippen LogP contribution in [0.1, 0.15) is 53.9 Å².